The molecule has 1 rings (SSSR count). The lowest BCUT2D eigenvalue weighted by Gasteiger charge is -2.27. The summed E-state index contributed by atoms with van der Waals surface area (Å²) in [5.74, 6) is 0. The molecule has 0 saturated heterocycles. The van der Waals surface area contributed by atoms with Crippen molar-refractivity contribution in [3.63, 3.8) is 0 Å². The van der Waals surface area contributed by atoms with Gasteiger partial charge in [-0.25, -0.2) is 0 Å². The van der Waals surface area contributed by atoms with Gasteiger partial charge in [-0.05, 0) is 24.6 Å². The lowest BCUT2D eigenvalue weighted by molar-refractivity contribution is -0.119. The van der Waals surface area contributed by atoms with Crippen molar-refractivity contribution < 1.29 is 18.3 Å². The maximum absolute atomic E-state index is 12.4. The number of nitrogens with zero attached hydrogens (tertiary/aromatic N) is 1. The molecule has 0 aliphatic carbocycles. The van der Waals surface area contributed by atoms with Gasteiger partial charge in [0, 0.05) is 17.9 Å². The van der Waals surface area contributed by atoms with Crippen molar-refractivity contribution in [3.05, 3.63) is 23.8 Å². The number of benzene rings is 1. The Morgan fingerprint density at radius 1 is 1.35 bits per heavy atom. The zero-order valence-corrected chi connectivity index (χ0v) is 9.46. The van der Waals surface area contributed by atoms with Crippen LogP contribution in [0.25, 0.3) is 0 Å². The number of nitrogens with two attached hydrogens (primary N) is 1. The molecule has 0 fully saturated rings. The molecule has 0 bridgehead atoms. The van der Waals surface area contributed by atoms with Gasteiger partial charge in [-0.1, -0.05) is 6.07 Å². The van der Waals surface area contributed by atoms with Crippen LogP contribution in [0.5, 0.6) is 0 Å². The predicted molar refractivity (Wildman–Crippen MR) is 60.9 cm³/mol. The highest BCUT2D eigenvalue weighted by Gasteiger charge is 2.31. The van der Waals surface area contributed by atoms with E-state index in [4.69, 9.17) is 10.8 Å². The number of rotatable bonds is 4. The van der Waals surface area contributed by atoms with E-state index in [2.05, 4.69) is 0 Å². The monoisotopic (exact) mass is 248 g/mol. The Bertz CT molecular complexity index is 379. The lowest BCUT2D eigenvalue weighted by Crippen LogP contribution is -2.36. The molecule has 0 radical (unpaired) electrons. The van der Waals surface area contributed by atoms with E-state index in [9.17, 15) is 13.2 Å². The summed E-state index contributed by atoms with van der Waals surface area (Å²) < 4.78 is 37.2. The molecular formula is C11H15F3N2O. The maximum atomic E-state index is 12.4. The molecule has 0 unspecified atom stereocenters. The lowest BCUT2D eigenvalue weighted by atomic mass is 10.1. The van der Waals surface area contributed by atoms with Crippen LogP contribution < -0.4 is 10.6 Å². The Morgan fingerprint density at radius 2 is 2.00 bits per heavy atom. The number of aryl methyl sites for hydroxylation is 1. The van der Waals surface area contributed by atoms with Gasteiger partial charge in [-0.15, -0.1) is 0 Å². The maximum Gasteiger partial charge on any atom is 0.405 e. The molecule has 0 spiro atoms. The van der Waals surface area contributed by atoms with Crippen LogP contribution in [0.4, 0.5) is 24.5 Å². The first-order valence-corrected chi connectivity index (χ1v) is 5.12. The molecule has 0 atom stereocenters. The summed E-state index contributed by atoms with van der Waals surface area (Å²) in [6.45, 7) is 0.182. The smallest absolute Gasteiger partial charge is 0.399 e. The van der Waals surface area contributed by atoms with Gasteiger partial charge in [0.25, 0.3) is 0 Å². The van der Waals surface area contributed by atoms with E-state index in [0.29, 0.717) is 16.9 Å². The number of aliphatic hydroxyl groups is 1. The zero-order valence-electron chi connectivity index (χ0n) is 9.46. The van der Waals surface area contributed by atoms with E-state index in [1.165, 1.54) is 6.07 Å². The first-order chi connectivity index (χ1) is 7.83. The molecule has 0 heterocycles. The Kier molecular flexibility index (Phi) is 4.22. The first kappa shape index (κ1) is 13.6. The molecule has 0 saturated carbocycles. The highest BCUT2D eigenvalue weighted by Crippen LogP contribution is 2.26. The number of halogens is 3. The van der Waals surface area contributed by atoms with Crippen LogP contribution in [0, 0.1) is 6.92 Å². The molecule has 3 N–H and O–H groups in total. The zero-order chi connectivity index (χ0) is 13.1. The van der Waals surface area contributed by atoms with Gasteiger partial charge in [-0.2, -0.15) is 13.2 Å². The molecule has 0 amide bonds. The Hall–Kier alpha value is -1.43. The summed E-state index contributed by atoms with van der Waals surface area (Å²) in [5.41, 5.74) is 7.04. The van der Waals surface area contributed by atoms with Gasteiger partial charge in [0.05, 0.1) is 6.61 Å². The second-order valence-electron chi connectivity index (χ2n) is 3.81. The van der Waals surface area contributed by atoms with Crippen LogP contribution in [-0.2, 0) is 0 Å². The fourth-order valence-corrected chi connectivity index (χ4v) is 1.59. The van der Waals surface area contributed by atoms with Crippen LogP contribution in [0.3, 0.4) is 0 Å². The fourth-order valence-electron chi connectivity index (χ4n) is 1.59. The number of aliphatic hydroxyl groups excluding tert-OH is 1. The molecular weight excluding hydrogens is 233 g/mol. The van der Waals surface area contributed by atoms with Crippen molar-refractivity contribution in [2.45, 2.75) is 13.1 Å². The second kappa shape index (κ2) is 5.27. The normalized spacial score (nSPS) is 11.6. The largest absolute Gasteiger partial charge is 0.405 e. The quantitative estimate of drug-likeness (QED) is 0.800. The standard InChI is InChI=1S/C11H15F3N2O/c1-8-2-3-9(15)6-10(8)16(4-5-17)7-11(12,13)14/h2-3,6,17H,4-5,7,15H2,1H3. The molecule has 6 heteroatoms. The van der Waals surface area contributed by atoms with Crippen LogP contribution in [-0.4, -0.2) is 31.0 Å². The van der Waals surface area contributed by atoms with Crippen molar-refractivity contribution in [2.24, 2.45) is 0 Å². The highest BCUT2D eigenvalue weighted by molar-refractivity contribution is 5.61. The third kappa shape index (κ3) is 4.14. The highest BCUT2D eigenvalue weighted by atomic mass is 19.4. The molecule has 0 aliphatic rings. The topological polar surface area (TPSA) is 49.5 Å². The molecule has 1 aromatic carbocycles. The van der Waals surface area contributed by atoms with E-state index < -0.39 is 12.7 Å². The number of hydrogen-bond acceptors (Lipinski definition) is 3. The summed E-state index contributed by atoms with van der Waals surface area (Å²) in [4.78, 5) is 1.08. The van der Waals surface area contributed by atoms with Crippen LogP contribution in [0.2, 0.25) is 0 Å². The Labute approximate surface area is 97.6 Å². The van der Waals surface area contributed by atoms with E-state index in [1.807, 2.05) is 0 Å². The van der Waals surface area contributed by atoms with Crippen molar-refractivity contribution in [1.29, 1.82) is 0 Å². The predicted octanol–water partition coefficient (Wildman–Crippen LogP) is 1.94. The molecule has 0 aliphatic heterocycles. The first-order valence-electron chi connectivity index (χ1n) is 5.12. The summed E-state index contributed by atoms with van der Waals surface area (Å²) in [7, 11) is 0. The minimum atomic E-state index is -4.31. The number of hydrogen-bond donors (Lipinski definition) is 2. The fraction of sp³-hybridized carbons (Fsp3) is 0.455. The Morgan fingerprint density at radius 3 is 2.53 bits per heavy atom. The van der Waals surface area contributed by atoms with Gasteiger partial charge in [0.1, 0.15) is 6.54 Å². The Balaban J connectivity index is 3.00. The SMILES string of the molecule is Cc1ccc(N)cc1N(CCO)CC(F)(F)F. The number of nitrogen functional groups attached to an aromatic ring is 1. The molecule has 17 heavy (non-hydrogen) atoms. The minimum absolute atomic E-state index is 0.0796. The summed E-state index contributed by atoms with van der Waals surface area (Å²) >= 11 is 0. The van der Waals surface area contributed by atoms with Gasteiger partial charge in [0.15, 0.2) is 0 Å². The van der Waals surface area contributed by atoms with Crippen LogP contribution >= 0.6 is 0 Å². The summed E-state index contributed by atoms with van der Waals surface area (Å²) in [5, 5.41) is 8.81. The third-order valence-corrected chi connectivity index (χ3v) is 2.31. The summed E-state index contributed by atoms with van der Waals surface area (Å²) in [6, 6.07) is 4.77. The van der Waals surface area contributed by atoms with E-state index >= 15 is 0 Å². The molecule has 1 aromatic rings. The second-order valence-corrected chi connectivity index (χ2v) is 3.81. The average molecular weight is 248 g/mol. The van der Waals surface area contributed by atoms with Crippen LogP contribution in [0.1, 0.15) is 5.56 Å². The summed E-state index contributed by atoms with van der Waals surface area (Å²) in [6.07, 6.45) is -4.31. The molecule has 3 nitrogen and oxygen atoms in total. The number of anilines is 2. The van der Waals surface area contributed by atoms with Crippen molar-refractivity contribution in [1.82, 2.24) is 0 Å². The van der Waals surface area contributed by atoms with Gasteiger partial charge < -0.3 is 15.7 Å². The van der Waals surface area contributed by atoms with E-state index in [-0.39, 0.29) is 13.2 Å². The van der Waals surface area contributed by atoms with Gasteiger partial charge in [-0.3, -0.25) is 0 Å². The minimum Gasteiger partial charge on any atom is -0.399 e. The third-order valence-electron chi connectivity index (χ3n) is 2.31. The molecule has 96 valence electrons. The van der Waals surface area contributed by atoms with Crippen LogP contribution in [0.15, 0.2) is 18.2 Å². The van der Waals surface area contributed by atoms with E-state index in [0.717, 1.165) is 4.90 Å². The van der Waals surface area contributed by atoms with Crippen molar-refractivity contribution in [3.8, 4) is 0 Å². The van der Waals surface area contributed by atoms with Gasteiger partial charge in [0.2, 0.25) is 0 Å². The van der Waals surface area contributed by atoms with Crippen molar-refractivity contribution >= 4 is 11.4 Å². The number of alkyl halides is 3. The van der Waals surface area contributed by atoms with E-state index in [1.54, 1.807) is 19.1 Å². The van der Waals surface area contributed by atoms with Crippen molar-refractivity contribution in [2.75, 3.05) is 30.3 Å². The average Bonchev–Trinajstić information content (AvgIpc) is 2.19. The van der Waals surface area contributed by atoms with Gasteiger partial charge >= 0.3 is 6.18 Å². The molecule has 0 aromatic heterocycles.